The number of nitrogen functional groups attached to an aromatic ring is 1. The summed E-state index contributed by atoms with van der Waals surface area (Å²) < 4.78 is 0. The van der Waals surface area contributed by atoms with Crippen molar-refractivity contribution in [3.8, 4) is 22.5 Å². The number of nitrogens with two attached hydrogens (primary N) is 1. The lowest BCUT2D eigenvalue weighted by atomic mass is 9.93. The molecule has 63 heavy (non-hydrogen) atoms. The van der Waals surface area contributed by atoms with Gasteiger partial charge in [0.25, 0.3) is 11.1 Å². The first-order chi connectivity index (χ1) is 29.9. The summed E-state index contributed by atoms with van der Waals surface area (Å²) in [5, 5.41) is 10.8. The number of benzene rings is 4. The molecule has 3 N–H and O–H groups in total. The second-order valence-corrected chi connectivity index (χ2v) is 16.3. The van der Waals surface area contributed by atoms with Gasteiger partial charge in [-0.1, -0.05) is 82.0 Å². The molecule has 1 amide bonds. The summed E-state index contributed by atoms with van der Waals surface area (Å²) in [4.78, 5) is 75.3. The van der Waals surface area contributed by atoms with Crippen LogP contribution < -0.4 is 11.1 Å². The zero-order valence-corrected chi connectivity index (χ0v) is 37.0. The summed E-state index contributed by atoms with van der Waals surface area (Å²) in [6, 6.07) is 24.6. The predicted octanol–water partition coefficient (Wildman–Crippen LogP) is 9.27. The Kier molecular flexibility index (Phi) is 13.8. The van der Waals surface area contributed by atoms with Crippen LogP contribution in [0.3, 0.4) is 0 Å². The van der Waals surface area contributed by atoms with Gasteiger partial charge in [0.05, 0.1) is 57.3 Å². The molecule has 0 radical (unpaired) electrons. The van der Waals surface area contributed by atoms with Gasteiger partial charge in [0.2, 0.25) is 11.6 Å². The maximum Gasteiger partial charge on any atom is 0.258 e. The molecule has 8 rings (SSSR count). The van der Waals surface area contributed by atoms with Gasteiger partial charge in [0.15, 0.2) is 28.4 Å². The molecular weight excluding hydrogens is 867 g/mol. The molecule has 320 valence electrons. The molecule has 17 heteroatoms. The van der Waals surface area contributed by atoms with Crippen LogP contribution in [0.1, 0.15) is 70.7 Å². The van der Waals surface area contributed by atoms with Crippen LogP contribution >= 0.6 is 34.8 Å². The van der Waals surface area contributed by atoms with E-state index in [-0.39, 0.29) is 23.2 Å². The lowest BCUT2D eigenvalue weighted by Gasteiger charge is -2.12. The first kappa shape index (κ1) is 45.7. The highest BCUT2D eigenvalue weighted by Crippen LogP contribution is 2.29. The van der Waals surface area contributed by atoms with E-state index in [0.29, 0.717) is 61.0 Å². The molecule has 0 fully saturated rings. The molecule has 0 aliphatic carbocycles. The molecule has 6 aromatic rings. The average Bonchev–Trinajstić information content (AvgIpc) is 3.69. The molecule has 0 saturated heterocycles. The Bertz CT molecular complexity index is 2810. The van der Waals surface area contributed by atoms with E-state index >= 15 is 0 Å². The van der Waals surface area contributed by atoms with Crippen LogP contribution in [0.15, 0.2) is 120 Å². The summed E-state index contributed by atoms with van der Waals surface area (Å²) in [5.41, 5.74) is 11.3. The van der Waals surface area contributed by atoms with Crippen LogP contribution in [0, 0.1) is 13.8 Å². The molecule has 4 heterocycles. The van der Waals surface area contributed by atoms with Gasteiger partial charge >= 0.3 is 0 Å². The molecule has 0 unspecified atom stereocenters. The highest BCUT2D eigenvalue weighted by molar-refractivity contribution is 6.68. The van der Waals surface area contributed by atoms with Gasteiger partial charge in [0.1, 0.15) is 5.82 Å². The monoisotopic (exact) mass is 904 g/mol. The zero-order chi connectivity index (χ0) is 45.6. The van der Waals surface area contributed by atoms with Gasteiger partial charge in [-0.3, -0.25) is 29.1 Å². The van der Waals surface area contributed by atoms with Crippen molar-refractivity contribution in [3.05, 3.63) is 153 Å². The van der Waals surface area contributed by atoms with Crippen molar-refractivity contribution in [2.24, 2.45) is 10.3 Å². The number of hydrogen-bond donors (Lipinski definition) is 2. The van der Waals surface area contributed by atoms with Crippen molar-refractivity contribution >= 4 is 80.6 Å². The molecule has 2 aliphatic heterocycles. The largest absolute Gasteiger partial charge is 0.382 e. The first-order valence-electron chi connectivity index (χ1n) is 19.1. The minimum absolute atomic E-state index is 0.134. The maximum absolute atomic E-state index is 12.5. The summed E-state index contributed by atoms with van der Waals surface area (Å²) in [6.07, 6.45) is 6.15. The number of hydrogen-bond acceptors (Lipinski definition) is 13. The normalized spacial score (nSPS) is 14.4. The van der Waals surface area contributed by atoms with E-state index < -0.39 is 16.4 Å². The van der Waals surface area contributed by atoms with Crippen LogP contribution in [0.25, 0.3) is 22.5 Å². The Hall–Kier alpha value is -6.87. The van der Waals surface area contributed by atoms with Gasteiger partial charge in [-0.15, -0.1) is 0 Å². The number of ketones is 2. The molecule has 14 nitrogen and oxygen atoms in total. The second-order valence-electron chi connectivity index (χ2n) is 15.1. The third-order valence-electron chi connectivity index (χ3n) is 9.60. The molecule has 0 saturated carbocycles. The number of oxime groups is 2. The quantitative estimate of drug-likeness (QED) is 0.145. The van der Waals surface area contributed by atoms with Crippen molar-refractivity contribution in [2.45, 2.75) is 52.7 Å². The van der Waals surface area contributed by atoms with E-state index in [1.165, 1.54) is 12.4 Å². The number of aryl methyl sites for hydroxylation is 2. The van der Waals surface area contributed by atoms with Crippen LogP contribution in [0.2, 0.25) is 10.0 Å². The number of nitrogens with one attached hydrogen (secondary N) is 1. The summed E-state index contributed by atoms with van der Waals surface area (Å²) in [7, 11) is 0. The fraction of sp³-hybridized carbons (Fsp3) is 0.174. The Morgan fingerprint density at radius 3 is 1.46 bits per heavy atom. The SMILES string of the molecule is Cc1ccc(C2=NOC(C)(C)C2=O)cc1-c1cnc(N)cn1.Cc1ccc(C2=NOC(C)(C)C2=O)cc1-c1cnc(NC(=O)c2ccccc2Cl)cn1.O=C(Cl)c1ccccc1Cl. The zero-order valence-electron chi connectivity index (χ0n) is 34.7. The number of rotatable bonds is 7. The number of anilines is 2. The van der Waals surface area contributed by atoms with Gasteiger partial charge in [-0.25, -0.2) is 9.97 Å². The first-order valence-corrected chi connectivity index (χ1v) is 20.2. The molecule has 2 aromatic heterocycles. The van der Waals surface area contributed by atoms with Gasteiger partial charge < -0.3 is 20.7 Å². The van der Waals surface area contributed by atoms with Crippen molar-refractivity contribution in [3.63, 3.8) is 0 Å². The van der Waals surface area contributed by atoms with E-state index in [4.69, 9.17) is 50.2 Å². The Morgan fingerprint density at radius 2 is 1.08 bits per heavy atom. The fourth-order valence-corrected chi connectivity index (χ4v) is 6.63. The van der Waals surface area contributed by atoms with Gasteiger partial charge in [-0.2, -0.15) is 0 Å². The van der Waals surface area contributed by atoms with E-state index in [1.54, 1.807) is 88.6 Å². The van der Waals surface area contributed by atoms with E-state index in [0.717, 1.165) is 22.3 Å². The Labute approximate surface area is 377 Å². The van der Waals surface area contributed by atoms with Gasteiger partial charge in [-0.05, 0) is 101 Å². The summed E-state index contributed by atoms with van der Waals surface area (Å²) in [6.45, 7) is 10.7. The smallest absolute Gasteiger partial charge is 0.258 e. The molecule has 0 atom stereocenters. The predicted molar refractivity (Wildman–Crippen MR) is 243 cm³/mol. The third kappa shape index (κ3) is 10.6. The molecule has 2 aliphatic rings. The number of aromatic nitrogens is 4. The topological polar surface area (TPSA) is 201 Å². The Morgan fingerprint density at radius 1 is 0.619 bits per heavy atom. The van der Waals surface area contributed by atoms with Crippen LogP contribution in [-0.4, -0.2) is 65.3 Å². The van der Waals surface area contributed by atoms with E-state index in [9.17, 15) is 19.2 Å². The van der Waals surface area contributed by atoms with Crippen molar-refractivity contribution in [2.75, 3.05) is 11.1 Å². The number of amides is 1. The molecule has 0 spiro atoms. The van der Waals surface area contributed by atoms with Crippen LogP contribution in [0.5, 0.6) is 0 Å². The van der Waals surface area contributed by atoms with Crippen molar-refractivity contribution in [1.82, 2.24) is 19.9 Å². The minimum Gasteiger partial charge on any atom is -0.382 e. The number of nitrogens with zero attached hydrogens (tertiary/aromatic N) is 6. The fourth-order valence-electron chi connectivity index (χ4n) is 5.97. The van der Waals surface area contributed by atoms with E-state index in [1.807, 2.05) is 50.2 Å². The summed E-state index contributed by atoms with van der Waals surface area (Å²) >= 11 is 16.9. The molecule has 4 aromatic carbocycles. The molecular formula is C46H39Cl3N8O6. The highest BCUT2D eigenvalue weighted by atomic mass is 35.5. The minimum atomic E-state index is -0.971. The highest BCUT2D eigenvalue weighted by Gasteiger charge is 2.41. The van der Waals surface area contributed by atoms with Crippen LogP contribution in [-0.2, 0) is 19.3 Å². The average molecular weight is 906 g/mol. The van der Waals surface area contributed by atoms with E-state index in [2.05, 4.69) is 35.6 Å². The lowest BCUT2D eigenvalue weighted by molar-refractivity contribution is -0.128. The summed E-state index contributed by atoms with van der Waals surface area (Å²) in [5.74, 6) is -0.0149. The number of halogens is 3. The second kappa shape index (κ2) is 19.0. The number of Topliss-reactive ketones (excluding diaryl/α,β-unsaturated/α-hetero) is 2. The third-order valence-corrected chi connectivity index (χ3v) is 10.5. The maximum atomic E-state index is 12.5. The van der Waals surface area contributed by atoms with Gasteiger partial charge in [0, 0.05) is 22.3 Å². The van der Waals surface area contributed by atoms with Crippen LogP contribution in [0.4, 0.5) is 11.6 Å². The number of carbonyl (C=O) groups is 4. The number of carbonyl (C=O) groups excluding carboxylic acids is 4. The Balaban J connectivity index is 0.000000178. The molecule has 0 bridgehead atoms. The van der Waals surface area contributed by atoms with Crippen molar-refractivity contribution in [1.29, 1.82) is 0 Å². The standard InChI is InChI=1S/C23H19ClN4O3.C16H16N4O2.C7H4Cl2O/c1-13-8-9-14(20-21(29)23(2,3)31-28-20)10-16(13)18-11-26-19(12-25-18)27-22(30)15-6-4-5-7-17(15)24;1-9-4-5-10(14-15(21)16(2,3)22-20-14)6-11(9)12-7-19-13(17)8-18-12;8-6-4-2-1-3-5(6)7(9)10/h4-12H,1-3H3,(H,26,27,30);4-8H,1-3H3,(H2,17,19);1-4H. The van der Waals surface area contributed by atoms with Crippen molar-refractivity contribution < 1.29 is 28.9 Å². The lowest BCUT2D eigenvalue weighted by Crippen LogP contribution is -2.33.